The minimum atomic E-state index is -0.920. The molecule has 0 spiro atoms. The molecule has 1 aromatic rings. The summed E-state index contributed by atoms with van der Waals surface area (Å²) in [4.78, 5) is 0. The van der Waals surface area contributed by atoms with Crippen molar-refractivity contribution in [3.63, 3.8) is 0 Å². The molecule has 1 heterocycles. The van der Waals surface area contributed by atoms with E-state index in [0.717, 1.165) is 24.4 Å². The summed E-state index contributed by atoms with van der Waals surface area (Å²) in [6.07, 6.45) is 3.51. The second-order valence-corrected chi connectivity index (χ2v) is 8.51. The molecule has 136 valence electrons. The zero-order chi connectivity index (χ0) is 17.4. The molecule has 4 aliphatic rings. The van der Waals surface area contributed by atoms with Crippen molar-refractivity contribution in [1.82, 2.24) is 5.32 Å². The van der Waals surface area contributed by atoms with E-state index in [9.17, 15) is 10.2 Å². The molecule has 2 saturated carbocycles. The topological polar surface area (TPSA) is 71.0 Å². The van der Waals surface area contributed by atoms with Gasteiger partial charge in [0.15, 0.2) is 11.5 Å². The van der Waals surface area contributed by atoms with Gasteiger partial charge in [-0.2, -0.15) is 0 Å². The Bertz CT molecular complexity index is 718. The minimum Gasteiger partial charge on any atom is -0.493 e. The highest BCUT2D eigenvalue weighted by molar-refractivity contribution is 5.62. The number of rotatable bonds is 4. The smallest absolute Gasteiger partial charge is 0.166 e. The molecule has 0 saturated heterocycles. The first-order chi connectivity index (χ1) is 12.0. The number of methoxy groups -OCH3 is 1. The van der Waals surface area contributed by atoms with Crippen LogP contribution < -0.4 is 14.8 Å². The molecule has 1 aliphatic heterocycles. The lowest BCUT2D eigenvalue weighted by Gasteiger charge is -2.56. The van der Waals surface area contributed by atoms with E-state index in [1.165, 1.54) is 18.4 Å². The number of aliphatic hydroxyl groups excluding tert-OH is 1. The van der Waals surface area contributed by atoms with Gasteiger partial charge in [0.1, 0.15) is 6.10 Å². The number of nitrogens with one attached hydrogen (secondary N) is 1. The van der Waals surface area contributed by atoms with Gasteiger partial charge in [-0.05, 0) is 63.1 Å². The van der Waals surface area contributed by atoms with Crippen molar-refractivity contribution in [1.29, 1.82) is 0 Å². The minimum absolute atomic E-state index is 0.0106. The van der Waals surface area contributed by atoms with Crippen molar-refractivity contribution in [2.75, 3.05) is 13.7 Å². The monoisotopic (exact) mass is 345 g/mol. The maximum absolute atomic E-state index is 11.9. The Balaban J connectivity index is 1.65. The van der Waals surface area contributed by atoms with E-state index in [1.54, 1.807) is 7.11 Å². The van der Waals surface area contributed by atoms with Crippen LogP contribution in [0.25, 0.3) is 0 Å². The van der Waals surface area contributed by atoms with Crippen LogP contribution in [0.15, 0.2) is 12.1 Å². The van der Waals surface area contributed by atoms with Crippen molar-refractivity contribution in [2.45, 2.75) is 68.3 Å². The summed E-state index contributed by atoms with van der Waals surface area (Å²) in [5.41, 5.74) is 0.704. The predicted octanol–water partition coefficient (Wildman–Crippen LogP) is 1.52. The van der Waals surface area contributed by atoms with Crippen LogP contribution in [-0.4, -0.2) is 47.7 Å². The average molecular weight is 345 g/mol. The van der Waals surface area contributed by atoms with Gasteiger partial charge in [0.05, 0.1) is 24.2 Å². The summed E-state index contributed by atoms with van der Waals surface area (Å²) in [5.74, 6) is 2.16. The Morgan fingerprint density at radius 1 is 1.32 bits per heavy atom. The molecule has 3 N–H and O–H groups in total. The number of benzene rings is 1. The van der Waals surface area contributed by atoms with Crippen LogP contribution in [0.5, 0.6) is 11.5 Å². The van der Waals surface area contributed by atoms with Crippen LogP contribution in [0.3, 0.4) is 0 Å². The number of aliphatic hydroxyl groups is 2. The molecule has 1 aromatic carbocycles. The van der Waals surface area contributed by atoms with Gasteiger partial charge in [0.2, 0.25) is 0 Å². The van der Waals surface area contributed by atoms with Crippen molar-refractivity contribution >= 4 is 0 Å². The zero-order valence-electron chi connectivity index (χ0n) is 14.9. The van der Waals surface area contributed by atoms with Gasteiger partial charge in [-0.3, -0.25) is 0 Å². The second-order valence-electron chi connectivity index (χ2n) is 8.51. The van der Waals surface area contributed by atoms with Gasteiger partial charge in [0, 0.05) is 11.6 Å². The highest BCUT2D eigenvalue weighted by Gasteiger charge is 2.68. The van der Waals surface area contributed by atoms with Crippen molar-refractivity contribution in [3.8, 4) is 11.5 Å². The molecule has 2 unspecified atom stereocenters. The van der Waals surface area contributed by atoms with Crippen LogP contribution in [0.4, 0.5) is 0 Å². The van der Waals surface area contributed by atoms with Crippen molar-refractivity contribution in [3.05, 3.63) is 23.3 Å². The Morgan fingerprint density at radius 2 is 2.12 bits per heavy atom. The predicted molar refractivity (Wildman–Crippen MR) is 93.2 cm³/mol. The SMILES string of the molecule is COc1ccc2c3c1O[C@@H]1C(O)CC[C@](O)([C@@H](NCC4CC4)C2)C31C. The van der Waals surface area contributed by atoms with Crippen LogP contribution in [0.2, 0.25) is 0 Å². The summed E-state index contributed by atoms with van der Waals surface area (Å²) < 4.78 is 11.7. The summed E-state index contributed by atoms with van der Waals surface area (Å²) in [6.45, 7) is 3.04. The number of hydrogen-bond donors (Lipinski definition) is 3. The van der Waals surface area contributed by atoms with Gasteiger partial charge in [-0.25, -0.2) is 0 Å². The third kappa shape index (κ3) is 1.95. The molecule has 5 atom stereocenters. The van der Waals surface area contributed by atoms with Crippen LogP contribution in [-0.2, 0) is 11.8 Å². The average Bonchev–Trinajstić information content (AvgIpc) is 3.36. The Morgan fingerprint density at radius 3 is 2.84 bits per heavy atom. The van der Waals surface area contributed by atoms with Crippen molar-refractivity contribution < 1.29 is 19.7 Å². The molecule has 3 aliphatic carbocycles. The summed E-state index contributed by atoms with van der Waals surface area (Å²) in [7, 11) is 1.64. The maximum Gasteiger partial charge on any atom is 0.166 e. The van der Waals surface area contributed by atoms with Gasteiger partial charge < -0.3 is 25.0 Å². The lowest BCUT2D eigenvalue weighted by molar-refractivity contribution is -0.159. The van der Waals surface area contributed by atoms with Crippen LogP contribution >= 0.6 is 0 Å². The third-order valence-corrected chi connectivity index (χ3v) is 7.18. The molecule has 25 heavy (non-hydrogen) atoms. The number of ether oxygens (including phenoxy) is 2. The molecule has 0 bridgehead atoms. The van der Waals surface area contributed by atoms with E-state index in [1.807, 2.05) is 6.07 Å². The molecule has 5 nitrogen and oxygen atoms in total. The van der Waals surface area contributed by atoms with Gasteiger partial charge in [-0.15, -0.1) is 0 Å². The summed E-state index contributed by atoms with van der Waals surface area (Å²) in [5, 5.41) is 26.2. The zero-order valence-corrected chi connectivity index (χ0v) is 14.9. The van der Waals surface area contributed by atoms with Crippen LogP contribution in [0, 0.1) is 5.92 Å². The fourth-order valence-electron chi connectivity index (χ4n) is 5.51. The second kappa shape index (κ2) is 5.12. The molecular formula is C20H27NO4. The molecule has 0 aromatic heterocycles. The normalized spacial score (nSPS) is 41.2. The Hall–Kier alpha value is -1.30. The van der Waals surface area contributed by atoms with Crippen molar-refractivity contribution in [2.24, 2.45) is 5.92 Å². The van der Waals surface area contributed by atoms with Gasteiger partial charge >= 0.3 is 0 Å². The Kier molecular flexibility index (Phi) is 3.26. The van der Waals surface area contributed by atoms with E-state index >= 15 is 0 Å². The van der Waals surface area contributed by atoms with Gasteiger partial charge in [0.25, 0.3) is 0 Å². The Labute approximate surface area is 148 Å². The van der Waals surface area contributed by atoms with E-state index in [0.29, 0.717) is 24.3 Å². The lowest BCUT2D eigenvalue weighted by Crippen LogP contribution is -2.72. The van der Waals surface area contributed by atoms with E-state index in [4.69, 9.17) is 9.47 Å². The molecule has 2 fully saturated rings. The standard InChI is InChI=1S/C20H27NO4/c1-19-16-12-5-6-14(24-2)17(16)25-18(19)13(22)7-8-20(19,23)15(9-12)21-10-11-3-4-11/h5-6,11,13,15,18,21-23H,3-4,7-10H2,1-2H3/t13?,15-,18+,19?,20-/m0/s1. The van der Waals surface area contributed by atoms with Crippen LogP contribution in [0.1, 0.15) is 43.7 Å². The first-order valence-corrected chi connectivity index (χ1v) is 9.50. The first kappa shape index (κ1) is 15.9. The molecule has 5 heteroatoms. The molecular weight excluding hydrogens is 318 g/mol. The fraction of sp³-hybridized carbons (Fsp3) is 0.700. The number of hydrogen-bond acceptors (Lipinski definition) is 5. The summed E-state index contributed by atoms with van der Waals surface area (Å²) >= 11 is 0. The quantitative estimate of drug-likeness (QED) is 0.772. The lowest BCUT2D eigenvalue weighted by atomic mass is 9.52. The first-order valence-electron chi connectivity index (χ1n) is 9.50. The molecule has 5 rings (SSSR count). The fourth-order valence-corrected chi connectivity index (χ4v) is 5.51. The van der Waals surface area contributed by atoms with E-state index in [-0.39, 0.29) is 6.04 Å². The maximum atomic E-state index is 11.9. The third-order valence-electron chi connectivity index (χ3n) is 7.18. The van der Waals surface area contributed by atoms with E-state index in [2.05, 4.69) is 18.3 Å². The highest BCUT2D eigenvalue weighted by atomic mass is 16.5. The highest BCUT2D eigenvalue weighted by Crippen LogP contribution is 2.61. The van der Waals surface area contributed by atoms with E-state index < -0.39 is 23.2 Å². The summed E-state index contributed by atoms with van der Waals surface area (Å²) in [6, 6.07) is 4.04. The molecule has 0 amide bonds. The molecule has 0 radical (unpaired) electrons. The largest absolute Gasteiger partial charge is 0.493 e. The van der Waals surface area contributed by atoms with Gasteiger partial charge in [-0.1, -0.05) is 6.07 Å².